The number of rotatable bonds is 3. The van der Waals surface area contributed by atoms with E-state index in [9.17, 15) is 15.0 Å². The van der Waals surface area contributed by atoms with Gasteiger partial charge in [0.15, 0.2) is 0 Å². The van der Waals surface area contributed by atoms with Crippen LogP contribution in [0.3, 0.4) is 0 Å². The number of phenolic OH excluding ortho intramolecular Hbond substituents is 2. The van der Waals surface area contributed by atoms with Gasteiger partial charge in [0.25, 0.3) is 0 Å². The Morgan fingerprint density at radius 3 is 1.52 bits per heavy atom. The Bertz CT molecular complexity index is 593. The van der Waals surface area contributed by atoms with Crippen molar-refractivity contribution < 1.29 is 19.7 Å². The van der Waals surface area contributed by atoms with Crippen LogP contribution in [0.25, 0.3) is 0 Å². The number of methoxy groups -OCH3 is 1. The molecule has 0 radical (unpaired) electrons. The first-order valence-corrected chi connectivity index (χ1v) is 7.10. The minimum Gasteiger partial charge on any atom is -0.508 e. The standard InChI is InChI=1S/C15H16O2.C4H6O2/c1-15(2,11-3-7-13(16)8-4-11)12-5-9-14(17)10-6-12;1-3-4(5)6-2/h3-10,16-17H,1-2H3;3H,1H2,2H3. The molecule has 23 heavy (non-hydrogen) atoms. The molecular weight excluding hydrogens is 292 g/mol. The van der Waals surface area contributed by atoms with Crippen molar-refractivity contribution in [2.24, 2.45) is 0 Å². The first-order chi connectivity index (χ1) is 10.8. The molecule has 0 saturated carbocycles. The van der Waals surface area contributed by atoms with E-state index in [0.29, 0.717) is 0 Å². The van der Waals surface area contributed by atoms with Gasteiger partial charge in [-0.15, -0.1) is 0 Å². The van der Waals surface area contributed by atoms with Crippen LogP contribution in [0.2, 0.25) is 0 Å². The lowest BCUT2D eigenvalue weighted by Gasteiger charge is -2.26. The number of ether oxygens (including phenoxy) is 1. The average molecular weight is 314 g/mol. The van der Waals surface area contributed by atoms with E-state index in [0.717, 1.165) is 17.2 Å². The van der Waals surface area contributed by atoms with Crippen molar-refractivity contribution in [1.29, 1.82) is 0 Å². The third-order valence-corrected chi connectivity index (χ3v) is 3.55. The Morgan fingerprint density at radius 2 is 1.30 bits per heavy atom. The van der Waals surface area contributed by atoms with Crippen LogP contribution < -0.4 is 0 Å². The van der Waals surface area contributed by atoms with Crippen molar-refractivity contribution in [3.63, 3.8) is 0 Å². The lowest BCUT2D eigenvalue weighted by molar-refractivity contribution is -0.134. The molecule has 0 saturated heterocycles. The van der Waals surface area contributed by atoms with E-state index in [1.807, 2.05) is 24.3 Å². The summed E-state index contributed by atoms with van der Waals surface area (Å²) >= 11 is 0. The molecular formula is C19H22O4. The molecule has 4 heteroatoms. The van der Waals surface area contributed by atoms with E-state index in [1.54, 1.807) is 24.3 Å². The molecule has 0 unspecified atom stereocenters. The Hall–Kier alpha value is -2.75. The largest absolute Gasteiger partial charge is 0.508 e. The number of esters is 1. The van der Waals surface area contributed by atoms with Crippen LogP contribution in [0.15, 0.2) is 61.2 Å². The Kier molecular flexibility index (Phi) is 6.39. The molecule has 2 rings (SSSR count). The highest BCUT2D eigenvalue weighted by Crippen LogP contribution is 2.32. The van der Waals surface area contributed by atoms with Crippen LogP contribution >= 0.6 is 0 Å². The smallest absolute Gasteiger partial charge is 0.329 e. The number of benzene rings is 2. The van der Waals surface area contributed by atoms with Crippen molar-refractivity contribution in [2.45, 2.75) is 19.3 Å². The van der Waals surface area contributed by atoms with Gasteiger partial charge < -0.3 is 14.9 Å². The number of aromatic hydroxyl groups is 2. The molecule has 0 aliphatic heterocycles. The summed E-state index contributed by atoms with van der Waals surface area (Å²) in [5.74, 6) is 0.153. The molecule has 0 aromatic heterocycles. The maximum atomic E-state index is 9.84. The van der Waals surface area contributed by atoms with Crippen molar-refractivity contribution in [3.8, 4) is 11.5 Å². The van der Waals surface area contributed by atoms with Crippen LogP contribution in [0, 0.1) is 0 Å². The number of hydrogen-bond donors (Lipinski definition) is 2. The zero-order valence-electron chi connectivity index (χ0n) is 13.6. The molecule has 0 amide bonds. The SMILES string of the molecule is C=CC(=O)OC.CC(C)(c1ccc(O)cc1)c1ccc(O)cc1. The highest BCUT2D eigenvalue weighted by Gasteiger charge is 2.22. The van der Waals surface area contributed by atoms with Gasteiger partial charge in [-0.3, -0.25) is 0 Å². The molecule has 0 bridgehead atoms. The first kappa shape index (κ1) is 18.3. The minimum absolute atomic E-state index is 0.151. The number of phenols is 2. The Morgan fingerprint density at radius 1 is 0.957 bits per heavy atom. The van der Waals surface area contributed by atoms with Gasteiger partial charge in [-0.05, 0) is 35.4 Å². The topological polar surface area (TPSA) is 66.8 Å². The summed E-state index contributed by atoms with van der Waals surface area (Å²) in [4.78, 5) is 9.84. The van der Waals surface area contributed by atoms with E-state index in [-0.39, 0.29) is 16.9 Å². The van der Waals surface area contributed by atoms with Crippen molar-refractivity contribution in [3.05, 3.63) is 72.3 Å². The molecule has 0 aliphatic rings. The van der Waals surface area contributed by atoms with Crippen LogP contribution in [0.1, 0.15) is 25.0 Å². The fraction of sp³-hybridized carbons (Fsp3) is 0.211. The fourth-order valence-electron chi connectivity index (χ4n) is 2.01. The van der Waals surface area contributed by atoms with Gasteiger partial charge in [0.2, 0.25) is 0 Å². The minimum atomic E-state index is -0.394. The summed E-state index contributed by atoms with van der Waals surface area (Å²) in [6, 6.07) is 14.4. The molecule has 0 aliphatic carbocycles. The van der Waals surface area contributed by atoms with Gasteiger partial charge in [0.05, 0.1) is 7.11 Å². The van der Waals surface area contributed by atoms with Crippen molar-refractivity contribution in [2.75, 3.05) is 7.11 Å². The van der Waals surface area contributed by atoms with Gasteiger partial charge in [-0.25, -0.2) is 4.79 Å². The zero-order valence-corrected chi connectivity index (χ0v) is 13.6. The van der Waals surface area contributed by atoms with Gasteiger partial charge >= 0.3 is 5.97 Å². The predicted octanol–water partition coefficient (Wildman–Crippen LogP) is 3.77. The highest BCUT2D eigenvalue weighted by molar-refractivity contribution is 5.80. The molecule has 2 aromatic carbocycles. The lowest BCUT2D eigenvalue weighted by Crippen LogP contribution is -2.18. The lowest BCUT2D eigenvalue weighted by atomic mass is 9.78. The summed E-state index contributed by atoms with van der Waals surface area (Å²) in [6.45, 7) is 7.39. The van der Waals surface area contributed by atoms with Crippen molar-refractivity contribution in [1.82, 2.24) is 0 Å². The first-order valence-electron chi connectivity index (χ1n) is 7.10. The fourth-order valence-corrected chi connectivity index (χ4v) is 2.01. The van der Waals surface area contributed by atoms with E-state index >= 15 is 0 Å². The van der Waals surface area contributed by atoms with Gasteiger partial charge in [-0.1, -0.05) is 44.7 Å². The van der Waals surface area contributed by atoms with E-state index < -0.39 is 5.97 Å². The normalized spacial score (nSPS) is 10.2. The van der Waals surface area contributed by atoms with Crippen LogP contribution in [-0.4, -0.2) is 23.3 Å². The van der Waals surface area contributed by atoms with Crippen molar-refractivity contribution >= 4 is 5.97 Å². The summed E-state index contributed by atoms with van der Waals surface area (Å²) in [6.07, 6.45) is 1.11. The van der Waals surface area contributed by atoms with Gasteiger partial charge in [-0.2, -0.15) is 0 Å². The van der Waals surface area contributed by atoms with Crippen LogP contribution in [0.5, 0.6) is 11.5 Å². The molecule has 122 valence electrons. The summed E-state index contributed by atoms with van der Waals surface area (Å²) in [5, 5.41) is 18.6. The van der Waals surface area contributed by atoms with Crippen LogP contribution in [0.4, 0.5) is 0 Å². The molecule has 4 nitrogen and oxygen atoms in total. The quantitative estimate of drug-likeness (QED) is 0.668. The van der Waals surface area contributed by atoms with E-state index in [2.05, 4.69) is 25.2 Å². The van der Waals surface area contributed by atoms with Crippen LogP contribution in [-0.2, 0) is 14.9 Å². The van der Waals surface area contributed by atoms with Gasteiger partial charge in [0.1, 0.15) is 11.5 Å². The summed E-state index contributed by atoms with van der Waals surface area (Å²) < 4.78 is 4.14. The second kappa shape index (κ2) is 8.03. The second-order valence-corrected chi connectivity index (χ2v) is 5.45. The second-order valence-electron chi connectivity index (χ2n) is 5.45. The molecule has 0 atom stereocenters. The molecule has 0 spiro atoms. The van der Waals surface area contributed by atoms with E-state index in [1.165, 1.54) is 7.11 Å². The third kappa shape index (κ3) is 5.18. The molecule has 2 aromatic rings. The predicted molar refractivity (Wildman–Crippen MR) is 90.6 cm³/mol. The monoisotopic (exact) mass is 314 g/mol. The molecule has 2 N–H and O–H groups in total. The Labute approximate surface area is 136 Å². The average Bonchev–Trinajstić information content (AvgIpc) is 2.55. The Balaban J connectivity index is 0.000000379. The number of carbonyl (C=O) groups is 1. The maximum absolute atomic E-state index is 9.84. The molecule has 0 fully saturated rings. The maximum Gasteiger partial charge on any atom is 0.329 e. The summed E-state index contributed by atoms with van der Waals surface area (Å²) in [7, 11) is 1.31. The van der Waals surface area contributed by atoms with Gasteiger partial charge in [0, 0.05) is 11.5 Å². The number of hydrogen-bond acceptors (Lipinski definition) is 4. The zero-order chi connectivity index (χ0) is 17.5. The highest BCUT2D eigenvalue weighted by atomic mass is 16.5. The number of carbonyl (C=O) groups excluding carboxylic acids is 1. The molecule has 0 heterocycles. The summed E-state index contributed by atoms with van der Waals surface area (Å²) in [5.41, 5.74) is 2.10. The third-order valence-electron chi connectivity index (χ3n) is 3.55. The van der Waals surface area contributed by atoms with E-state index in [4.69, 9.17) is 0 Å².